The van der Waals surface area contributed by atoms with Crippen LogP contribution in [0.3, 0.4) is 0 Å². The Kier molecular flexibility index (Phi) is 4.85. The first kappa shape index (κ1) is 16.1. The van der Waals surface area contributed by atoms with Gasteiger partial charge in [-0.1, -0.05) is 21.0 Å². The molecule has 1 aromatic heterocycles. The molecule has 0 N–H and O–H groups in total. The van der Waals surface area contributed by atoms with Crippen molar-refractivity contribution in [2.75, 3.05) is 6.61 Å². The lowest BCUT2D eigenvalue weighted by Gasteiger charge is -2.10. The Labute approximate surface area is 134 Å². The van der Waals surface area contributed by atoms with Gasteiger partial charge in [0.25, 0.3) is 0 Å². The van der Waals surface area contributed by atoms with E-state index >= 15 is 0 Å². The van der Waals surface area contributed by atoms with Crippen molar-refractivity contribution in [3.8, 4) is 0 Å². The molecule has 1 atom stereocenters. The highest BCUT2D eigenvalue weighted by Gasteiger charge is 2.19. The van der Waals surface area contributed by atoms with Gasteiger partial charge in [-0.2, -0.15) is 0 Å². The molecule has 0 fully saturated rings. The number of benzene rings is 1. The van der Waals surface area contributed by atoms with Gasteiger partial charge >= 0.3 is 5.97 Å². The van der Waals surface area contributed by atoms with Crippen LogP contribution in [-0.4, -0.2) is 23.1 Å². The summed E-state index contributed by atoms with van der Waals surface area (Å²) in [4.78, 5) is 25.6. The highest BCUT2D eigenvalue weighted by molar-refractivity contribution is 9.10. The van der Waals surface area contributed by atoms with Crippen molar-refractivity contribution in [3.05, 3.63) is 44.9 Å². The fourth-order valence-corrected chi connectivity index (χ4v) is 2.56. The van der Waals surface area contributed by atoms with Crippen molar-refractivity contribution < 1.29 is 14.3 Å². The van der Waals surface area contributed by atoms with E-state index in [-0.39, 0.29) is 12.5 Å². The SMILES string of the molecule is CC(=O)OCC(N=[N+]=[N-])c1cn(C(C)=O)c2ccc(Br)cc12. The normalized spacial score (nSPS) is 11.8. The molecule has 1 unspecified atom stereocenters. The molecule has 0 spiro atoms. The summed E-state index contributed by atoms with van der Waals surface area (Å²) in [6.45, 7) is 2.64. The molecule has 1 heterocycles. The van der Waals surface area contributed by atoms with Gasteiger partial charge in [-0.15, -0.1) is 0 Å². The van der Waals surface area contributed by atoms with E-state index in [4.69, 9.17) is 10.3 Å². The lowest BCUT2D eigenvalue weighted by Crippen LogP contribution is -2.09. The second-order valence-corrected chi connectivity index (χ2v) is 5.57. The fraction of sp³-hybridized carbons (Fsp3) is 0.286. The molecule has 2 aromatic rings. The quantitative estimate of drug-likeness (QED) is 0.355. The summed E-state index contributed by atoms with van der Waals surface area (Å²) in [5.41, 5.74) is 10.1. The molecule has 22 heavy (non-hydrogen) atoms. The first-order chi connectivity index (χ1) is 10.4. The molecular weight excluding hydrogens is 352 g/mol. The van der Waals surface area contributed by atoms with Gasteiger partial charge in [0.05, 0.1) is 11.6 Å². The van der Waals surface area contributed by atoms with Crippen molar-refractivity contribution in [3.63, 3.8) is 0 Å². The van der Waals surface area contributed by atoms with Crippen LogP contribution in [0.1, 0.15) is 30.2 Å². The Balaban J connectivity index is 2.60. The molecule has 0 saturated carbocycles. The summed E-state index contributed by atoms with van der Waals surface area (Å²) in [5, 5.41) is 4.44. The van der Waals surface area contributed by atoms with E-state index in [1.54, 1.807) is 12.3 Å². The zero-order valence-corrected chi connectivity index (χ0v) is 13.6. The molecule has 8 heteroatoms. The third-order valence-electron chi connectivity index (χ3n) is 3.13. The highest BCUT2D eigenvalue weighted by atomic mass is 79.9. The Hall–Kier alpha value is -2.31. The maximum Gasteiger partial charge on any atom is 0.302 e. The molecular formula is C14H13BrN4O3. The van der Waals surface area contributed by atoms with Crippen LogP contribution in [0.25, 0.3) is 21.3 Å². The maximum atomic E-state index is 11.8. The smallest absolute Gasteiger partial charge is 0.302 e. The minimum absolute atomic E-state index is 0.0804. The summed E-state index contributed by atoms with van der Waals surface area (Å²) in [6.07, 6.45) is 1.61. The fourth-order valence-electron chi connectivity index (χ4n) is 2.20. The van der Waals surface area contributed by atoms with Crippen LogP contribution < -0.4 is 0 Å². The number of fused-ring (bicyclic) bond motifs is 1. The molecule has 0 bridgehead atoms. The number of ether oxygens (including phenoxy) is 1. The van der Waals surface area contributed by atoms with Gasteiger partial charge < -0.3 is 4.74 Å². The van der Waals surface area contributed by atoms with E-state index in [0.29, 0.717) is 11.1 Å². The van der Waals surface area contributed by atoms with Crippen LogP contribution in [0, 0.1) is 0 Å². The van der Waals surface area contributed by atoms with Crippen molar-refractivity contribution in [2.24, 2.45) is 5.11 Å². The van der Waals surface area contributed by atoms with Gasteiger partial charge in [-0.05, 0) is 29.3 Å². The summed E-state index contributed by atoms with van der Waals surface area (Å²) >= 11 is 3.38. The summed E-state index contributed by atoms with van der Waals surface area (Å²) in [6, 6.07) is 4.74. The van der Waals surface area contributed by atoms with Crippen LogP contribution in [-0.2, 0) is 9.53 Å². The molecule has 0 aliphatic heterocycles. The number of hydrogen-bond donors (Lipinski definition) is 0. The standard InChI is InChI=1S/C14H13BrN4O3/c1-8(20)19-6-12(11-5-10(15)3-4-14(11)19)13(17-18-16)7-22-9(2)21/h3-6,13H,7H2,1-2H3. The first-order valence-electron chi connectivity index (χ1n) is 6.43. The highest BCUT2D eigenvalue weighted by Crippen LogP contribution is 2.31. The monoisotopic (exact) mass is 364 g/mol. The van der Waals surface area contributed by atoms with Crippen molar-refractivity contribution >= 4 is 38.7 Å². The number of halogens is 1. The molecule has 0 aliphatic rings. The summed E-state index contributed by atoms with van der Waals surface area (Å²) in [5.74, 6) is -0.625. The molecule has 7 nitrogen and oxygen atoms in total. The van der Waals surface area contributed by atoms with Gasteiger partial charge in [-0.3, -0.25) is 14.2 Å². The second-order valence-electron chi connectivity index (χ2n) is 4.66. The third-order valence-corrected chi connectivity index (χ3v) is 3.62. The number of azide groups is 1. The maximum absolute atomic E-state index is 11.8. The van der Waals surface area contributed by atoms with E-state index in [2.05, 4.69) is 26.0 Å². The predicted molar refractivity (Wildman–Crippen MR) is 84.5 cm³/mol. The van der Waals surface area contributed by atoms with Gasteiger partial charge in [0.1, 0.15) is 6.61 Å². The predicted octanol–water partition coefficient (Wildman–Crippen LogP) is 3.98. The number of rotatable bonds is 4. The zero-order valence-electron chi connectivity index (χ0n) is 12.0. The minimum Gasteiger partial charge on any atom is -0.465 e. The van der Waals surface area contributed by atoms with Crippen molar-refractivity contribution in [1.29, 1.82) is 0 Å². The number of nitrogens with zero attached hydrogens (tertiary/aromatic N) is 4. The first-order valence-corrected chi connectivity index (χ1v) is 7.22. The lowest BCUT2D eigenvalue weighted by atomic mass is 10.1. The van der Waals surface area contributed by atoms with E-state index in [1.165, 1.54) is 18.4 Å². The second kappa shape index (κ2) is 6.64. The van der Waals surface area contributed by atoms with Crippen LogP contribution in [0.4, 0.5) is 0 Å². The van der Waals surface area contributed by atoms with Crippen molar-refractivity contribution in [2.45, 2.75) is 19.9 Å². The third kappa shape index (κ3) is 3.29. The minimum atomic E-state index is -0.703. The molecule has 2 rings (SSSR count). The molecule has 114 valence electrons. The largest absolute Gasteiger partial charge is 0.465 e. The number of hydrogen-bond acceptors (Lipinski definition) is 4. The average Bonchev–Trinajstić information content (AvgIpc) is 2.82. The van der Waals surface area contributed by atoms with Crippen molar-refractivity contribution in [1.82, 2.24) is 4.57 Å². The Morgan fingerprint density at radius 2 is 2.18 bits per heavy atom. The van der Waals surface area contributed by atoms with E-state index in [9.17, 15) is 9.59 Å². The van der Waals surface area contributed by atoms with Gasteiger partial charge in [0.15, 0.2) is 0 Å². The van der Waals surface area contributed by atoms with Crippen LogP contribution in [0.15, 0.2) is 34.0 Å². The van der Waals surface area contributed by atoms with E-state index in [0.717, 1.165) is 9.86 Å². The summed E-state index contributed by atoms with van der Waals surface area (Å²) in [7, 11) is 0. The molecule has 1 aromatic carbocycles. The van der Waals surface area contributed by atoms with E-state index in [1.807, 2.05) is 12.1 Å². The van der Waals surface area contributed by atoms with Crippen LogP contribution >= 0.6 is 15.9 Å². The zero-order chi connectivity index (χ0) is 16.3. The molecule has 0 aliphatic carbocycles. The van der Waals surface area contributed by atoms with E-state index < -0.39 is 12.0 Å². The van der Waals surface area contributed by atoms with Gasteiger partial charge in [0, 0.05) is 34.8 Å². The Morgan fingerprint density at radius 1 is 1.45 bits per heavy atom. The molecule has 0 saturated heterocycles. The topological polar surface area (TPSA) is 97.1 Å². The number of carbonyl (C=O) groups is 2. The number of esters is 1. The number of carbonyl (C=O) groups excluding carboxylic acids is 2. The molecule has 0 radical (unpaired) electrons. The van der Waals surface area contributed by atoms with Gasteiger partial charge in [-0.25, -0.2) is 0 Å². The summed E-state index contributed by atoms with van der Waals surface area (Å²) < 4.78 is 7.26. The van der Waals surface area contributed by atoms with Crippen LogP contribution in [0.5, 0.6) is 0 Å². The van der Waals surface area contributed by atoms with Gasteiger partial charge in [0.2, 0.25) is 5.91 Å². The average molecular weight is 365 g/mol. The Bertz CT molecular complexity index is 793. The van der Waals surface area contributed by atoms with Crippen LogP contribution in [0.2, 0.25) is 0 Å². The Morgan fingerprint density at radius 3 is 2.77 bits per heavy atom. The number of aromatic nitrogens is 1. The molecule has 0 amide bonds. The lowest BCUT2D eigenvalue weighted by molar-refractivity contribution is -0.141.